The highest BCUT2D eigenvalue weighted by molar-refractivity contribution is 5.81. The van der Waals surface area contributed by atoms with Crippen LogP contribution in [0.25, 0.3) is 0 Å². The molecule has 2 rings (SSSR count). The summed E-state index contributed by atoms with van der Waals surface area (Å²) in [4.78, 5) is 12.1. The fraction of sp³-hybridized carbons (Fsp3) is 0.929. The van der Waals surface area contributed by atoms with E-state index in [1.54, 1.807) is 0 Å². The average molecular weight is 238 g/mol. The molecule has 0 aromatic heterocycles. The first-order valence-electron chi connectivity index (χ1n) is 7.15. The zero-order chi connectivity index (χ0) is 12.3. The highest BCUT2D eigenvalue weighted by Crippen LogP contribution is 2.51. The predicted octanol–water partition coefficient (Wildman–Crippen LogP) is 2.07. The molecule has 98 valence electrons. The summed E-state index contributed by atoms with van der Waals surface area (Å²) in [7, 11) is 0. The van der Waals surface area contributed by atoms with E-state index in [0.717, 1.165) is 19.5 Å². The summed E-state index contributed by atoms with van der Waals surface area (Å²) < 4.78 is 0. The van der Waals surface area contributed by atoms with E-state index in [2.05, 4.69) is 24.5 Å². The summed E-state index contributed by atoms with van der Waals surface area (Å²) in [6.45, 7) is 6.40. The van der Waals surface area contributed by atoms with Crippen LogP contribution < -0.4 is 10.6 Å². The Balaban J connectivity index is 1.76. The molecule has 1 aliphatic heterocycles. The van der Waals surface area contributed by atoms with Crippen LogP contribution in [0.5, 0.6) is 0 Å². The Morgan fingerprint density at radius 2 is 2.12 bits per heavy atom. The van der Waals surface area contributed by atoms with Crippen molar-refractivity contribution in [2.24, 2.45) is 11.3 Å². The second kappa shape index (κ2) is 5.38. The Bertz CT molecular complexity index is 263. The Hall–Kier alpha value is -0.570. The molecule has 0 aromatic carbocycles. The molecular weight excluding hydrogens is 212 g/mol. The smallest absolute Gasteiger partial charge is 0.237 e. The topological polar surface area (TPSA) is 41.1 Å². The third-order valence-electron chi connectivity index (χ3n) is 4.61. The van der Waals surface area contributed by atoms with Crippen molar-refractivity contribution < 1.29 is 4.79 Å². The number of rotatable bonds is 4. The van der Waals surface area contributed by atoms with Gasteiger partial charge in [0.2, 0.25) is 5.91 Å². The maximum absolute atomic E-state index is 12.1. The molecule has 1 saturated heterocycles. The normalized spacial score (nSPS) is 27.6. The van der Waals surface area contributed by atoms with E-state index in [9.17, 15) is 4.79 Å². The first-order chi connectivity index (χ1) is 8.14. The molecule has 1 amide bonds. The van der Waals surface area contributed by atoms with Gasteiger partial charge in [-0.15, -0.1) is 0 Å². The Morgan fingerprint density at radius 1 is 1.35 bits per heavy atom. The monoisotopic (exact) mass is 238 g/mol. The molecule has 1 heterocycles. The minimum atomic E-state index is 0.0560. The molecule has 1 aliphatic carbocycles. The van der Waals surface area contributed by atoms with Gasteiger partial charge in [0.15, 0.2) is 0 Å². The van der Waals surface area contributed by atoms with Gasteiger partial charge in [-0.1, -0.05) is 26.7 Å². The summed E-state index contributed by atoms with van der Waals surface area (Å²) in [6, 6.07) is 0.0560. The van der Waals surface area contributed by atoms with Crippen molar-refractivity contribution in [3.8, 4) is 0 Å². The Morgan fingerprint density at radius 3 is 2.76 bits per heavy atom. The van der Waals surface area contributed by atoms with Gasteiger partial charge in [0, 0.05) is 6.54 Å². The summed E-state index contributed by atoms with van der Waals surface area (Å²) in [5.74, 6) is 0.906. The van der Waals surface area contributed by atoms with E-state index < -0.39 is 0 Å². The van der Waals surface area contributed by atoms with Gasteiger partial charge in [-0.3, -0.25) is 4.79 Å². The van der Waals surface area contributed by atoms with Crippen LogP contribution in [0.2, 0.25) is 0 Å². The van der Waals surface area contributed by atoms with Crippen LogP contribution in [-0.2, 0) is 4.79 Å². The molecule has 3 heteroatoms. The predicted molar refractivity (Wildman–Crippen MR) is 69.8 cm³/mol. The molecule has 1 atom stereocenters. The average Bonchev–Trinajstić information content (AvgIpc) is 3.11. The van der Waals surface area contributed by atoms with Crippen molar-refractivity contribution in [2.75, 3.05) is 13.1 Å². The van der Waals surface area contributed by atoms with E-state index >= 15 is 0 Å². The summed E-state index contributed by atoms with van der Waals surface area (Å²) in [5, 5.41) is 6.52. The van der Waals surface area contributed by atoms with Gasteiger partial charge in [-0.05, 0) is 43.6 Å². The molecule has 1 saturated carbocycles. The lowest BCUT2D eigenvalue weighted by Gasteiger charge is -2.22. The van der Waals surface area contributed by atoms with E-state index in [0.29, 0.717) is 11.3 Å². The van der Waals surface area contributed by atoms with Crippen molar-refractivity contribution in [3.63, 3.8) is 0 Å². The van der Waals surface area contributed by atoms with Crippen molar-refractivity contribution >= 4 is 5.91 Å². The SMILES string of the molecule is CC(C)C1(CNC(=O)C2CCCCCN2)CC1. The standard InChI is InChI=1S/C14H26N2O/c1-11(2)14(7-8-14)10-16-13(17)12-6-4-3-5-9-15-12/h11-12,15H,3-10H2,1-2H3,(H,16,17). The van der Waals surface area contributed by atoms with Crippen molar-refractivity contribution in [1.29, 1.82) is 0 Å². The molecule has 0 bridgehead atoms. The van der Waals surface area contributed by atoms with Gasteiger partial charge in [0.25, 0.3) is 0 Å². The number of amides is 1. The molecule has 2 aliphatic rings. The summed E-state index contributed by atoms with van der Waals surface area (Å²) in [5.41, 5.74) is 0.417. The van der Waals surface area contributed by atoms with E-state index in [4.69, 9.17) is 0 Å². The lowest BCUT2D eigenvalue weighted by molar-refractivity contribution is -0.123. The first kappa shape index (κ1) is 12.9. The van der Waals surface area contributed by atoms with Gasteiger partial charge in [-0.25, -0.2) is 0 Å². The van der Waals surface area contributed by atoms with E-state index in [1.165, 1.54) is 32.1 Å². The number of carbonyl (C=O) groups is 1. The maximum atomic E-state index is 12.1. The lowest BCUT2D eigenvalue weighted by Crippen LogP contribution is -2.45. The first-order valence-corrected chi connectivity index (χ1v) is 7.15. The largest absolute Gasteiger partial charge is 0.354 e. The fourth-order valence-electron chi connectivity index (χ4n) is 2.76. The molecule has 0 radical (unpaired) electrons. The lowest BCUT2D eigenvalue weighted by atomic mass is 9.92. The third kappa shape index (κ3) is 3.21. The van der Waals surface area contributed by atoms with Crippen LogP contribution >= 0.6 is 0 Å². The number of nitrogens with one attached hydrogen (secondary N) is 2. The van der Waals surface area contributed by atoms with Crippen LogP contribution in [0.3, 0.4) is 0 Å². The summed E-state index contributed by atoms with van der Waals surface area (Å²) >= 11 is 0. The second-order valence-corrected chi connectivity index (χ2v) is 6.09. The van der Waals surface area contributed by atoms with Gasteiger partial charge >= 0.3 is 0 Å². The molecular formula is C14H26N2O. The Labute approximate surface area is 105 Å². The van der Waals surface area contributed by atoms with Crippen molar-refractivity contribution in [2.45, 2.75) is 58.4 Å². The van der Waals surface area contributed by atoms with Gasteiger partial charge in [0.1, 0.15) is 0 Å². The molecule has 1 unspecified atom stereocenters. The van der Waals surface area contributed by atoms with Crippen molar-refractivity contribution in [1.82, 2.24) is 10.6 Å². The molecule has 2 fully saturated rings. The molecule has 0 spiro atoms. The van der Waals surface area contributed by atoms with E-state index in [1.807, 2.05) is 0 Å². The van der Waals surface area contributed by atoms with Crippen LogP contribution in [0.1, 0.15) is 52.4 Å². The number of hydrogen-bond donors (Lipinski definition) is 2. The molecule has 0 aromatic rings. The van der Waals surface area contributed by atoms with Gasteiger partial charge in [0.05, 0.1) is 6.04 Å². The van der Waals surface area contributed by atoms with Crippen LogP contribution in [0.15, 0.2) is 0 Å². The van der Waals surface area contributed by atoms with Crippen molar-refractivity contribution in [3.05, 3.63) is 0 Å². The highest BCUT2D eigenvalue weighted by atomic mass is 16.2. The van der Waals surface area contributed by atoms with Gasteiger partial charge in [-0.2, -0.15) is 0 Å². The quantitative estimate of drug-likeness (QED) is 0.787. The Kier molecular flexibility index (Phi) is 4.08. The highest BCUT2D eigenvalue weighted by Gasteiger charge is 2.45. The zero-order valence-corrected chi connectivity index (χ0v) is 11.2. The zero-order valence-electron chi connectivity index (χ0n) is 11.2. The fourth-order valence-corrected chi connectivity index (χ4v) is 2.76. The van der Waals surface area contributed by atoms with Crippen LogP contribution in [0.4, 0.5) is 0 Å². The minimum absolute atomic E-state index is 0.0560. The summed E-state index contributed by atoms with van der Waals surface area (Å²) in [6.07, 6.45) is 7.21. The molecule has 2 N–H and O–H groups in total. The number of carbonyl (C=O) groups excluding carboxylic acids is 1. The molecule has 17 heavy (non-hydrogen) atoms. The van der Waals surface area contributed by atoms with E-state index in [-0.39, 0.29) is 11.9 Å². The maximum Gasteiger partial charge on any atom is 0.237 e. The number of hydrogen-bond acceptors (Lipinski definition) is 2. The van der Waals surface area contributed by atoms with Crippen LogP contribution in [-0.4, -0.2) is 25.0 Å². The second-order valence-electron chi connectivity index (χ2n) is 6.09. The van der Waals surface area contributed by atoms with Crippen LogP contribution in [0, 0.1) is 11.3 Å². The third-order valence-corrected chi connectivity index (χ3v) is 4.61. The minimum Gasteiger partial charge on any atom is -0.354 e. The molecule has 3 nitrogen and oxygen atoms in total. The van der Waals surface area contributed by atoms with Gasteiger partial charge < -0.3 is 10.6 Å².